The van der Waals surface area contributed by atoms with Gasteiger partial charge < -0.3 is 31.2 Å². The van der Waals surface area contributed by atoms with E-state index in [0.29, 0.717) is 28.6 Å². The number of aromatic hydroxyl groups is 2. The molecule has 8 fully saturated rings. The zero-order valence-electron chi connectivity index (χ0n) is 34.1. The van der Waals surface area contributed by atoms with Crippen molar-refractivity contribution in [2.75, 3.05) is 11.5 Å². The lowest BCUT2D eigenvalue weighted by Gasteiger charge is -2.57. The molecule has 0 atom stereocenters. The molecule has 6 nitrogen and oxygen atoms in total. The summed E-state index contributed by atoms with van der Waals surface area (Å²) in [6.07, 6.45) is 22.5. The molecule has 14 rings (SSSR count). The number of nitrogens with two attached hydrogens (primary N) is 2. The zero-order valence-corrected chi connectivity index (χ0v) is 34.1. The predicted molar refractivity (Wildman–Crippen MR) is 240 cm³/mol. The van der Waals surface area contributed by atoms with Gasteiger partial charge in [-0.2, -0.15) is 0 Å². The quantitative estimate of drug-likeness (QED) is 0.0728. The SMILES string of the molecule is C#Cc1cc2cc(C34CC5CC(CC(C5)C3)C4)ccc2c(-c2c(Oc3ccc(N)c(O)c3)ccc3cc(C45CC6CC(CC(C6)C4)C5)ccc23)c1Oc1ccc(N)c(O)c1. The highest BCUT2D eigenvalue weighted by Crippen LogP contribution is 2.63. The summed E-state index contributed by atoms with van der Waals surface area (Å²) in [5.74, 6) is 9.85. The van der Waals surface area contributed by atoms with E-state index >= 15 is 0 Å². The fourth-order valence-electron chi connectivity index (χ4n) is 14.5. The van der Waals surface area contributed by atoms with Crippen LogP contribution in [-0.2, 0) is 10.8 Å². The van der Waals surface area contributed by atoms with Crippen LogP contribution in [0.2, 0.25) is 0 Å². The Bertz CT molecular complexity index is 2740. The van der Waals surface area contributed by atoms with Crippen LogP contribution in [-0.4, -0.2) is 10.2 Å². The molecule has 0 unspecified atom stereocenters. The summed E-state index contributed by atoms with van der Waals surface area (Å²) in [5.41, 5.74) is 18.2. The second-order valence-corrected chi connectivity index (χ2v) is 20.1. The third kappa shape index (κ3) is 5.68. The lowest BCUT2D eigenvalue weighted by molar-refractivity contribution is -0.00525. The van der Waals surface area contributed by atoms with Crippen molar-refractivity contribution in [2.45, 2.75) is 87.9 Å². The van der Waals surface area contributed by atoms with Crippen LogP contribution in [0.25, 0.3) is 32.7 Å². The van der Waals surface area contributed by atoms with E-state index < -0.39 is 0 Å². The van der Waals surface area contributed by atoms with Gasteiger partial charge in [-0.15, -0.1) is 6.42 Å². The van der Waals surface area contributed by atoms with Gasteiger partial charge in [0.05, 0.1) is 16.9 Å². The molecular formula is C54H52N2O4. The second-order valence-electron chi connectivity index (χ2n) is 20.1. The number of fused-ring (bicyclic) bond motifs is 2. The van der Waals surface area contributed by atoms with E-state index in [4.69, 9.17) is 27.4 Å². The number of benzene rings is 6. The van der Waals surface area contributed by atoms with E-state index in [0.717, 1.165) is 68.2 Å². The Hall–Kier alpha value is -5.80. The van der Waals surface area contributed by atoms with Gasteiger partial charge >= 0.3 is 0 Å². The summed E-state index contributed by atoms with van der Waals surface area (Å²) >= 11 is 0. The smallest absolute Gasteiger partial charge is 0.151 e. The summed E-state index contributed by atoms with van der Waals surface area (Å²) in [7, 11) is 0. The van der Waals surface area contributed by atoms with Gasteiger partial charge in [-0.05, 0) is 192 Å². The number of terminal acetylenes is 1. The molecule has 6 aromatic rings. The number of phenolic OH excluding ortho intramolecular Hbond substituents is 2. The topological polar surface area (TPSA) is 111 Å². The molecule has 0 amide bonds. The summed E-state index contributed by atoms with van der Waals surface area (Å²) in [6, 6.07) is 30.5. The molecule has 8 aliphatic rings. The number of anilines is 2. The fraction of sp³-hybridized carbons (Fsp3) is 0.370. The average Bonchev–Trinajstić information content (AvgIpc) is 3.22. The largest absolute Gasteiger partial charge is 0.506 e. The Morgan fingerprint density at radius 2 is 0.983 bits per heavy atom. The van der Waals surface area contributed by atoms with Crippen LogP contribution >= 0.6 is 0 Å². The molecule has 60 heavy (non-hydrogen) atoms. The minimum Gasteiger partial charge on any atom is -0.506 e. The van der Waals surface area contributed by atoms with Gasteiger partial charge in [0, 0.05) is 23.3 Å². The molecular weight excluding hydrogens is 741 g/mol. The van der Waals surface area contributed by atoms with Crippen molar-refractivity contribution in [1.29, 1.82) is 0 Å². The summed E-state index contributed by atoms with van der Waals surface area (Å²) in [4.78, 5) is 0. The van der Waals surface area contributed by atoms with E-state index in [2.05, 4.69) is 54.5 Å². The first kappa shape index (κ1) is 36.1. The highest BCUT2D eigenvalue weighted by atomic mass is 16.5. The number of hydrogen-bond acceptors (Lipinski definition) is 6. The summed E-state index contributed by atoms with van der Waals surface area (Å²) < 4.78 is 13.7. The first-order chi connectivity index (χ1) is 29.1. The maximum atomic E-state index is 10.7. The van der Waals surface area contributed by atoms with Gasteiger partial charge in [0.2, 0.25) is 0 Å². The Kier molecular flexibility index (Phi) is 7.88. The van der Waals surface area contributed by atoms with Crippen molar-refractivity contribution in [2.24, 2.45) is 35.5 Å². The standard InChI is InChI=1S/C54H52N2O4/c1-2-36-19-38-21-40(54-27-33-16-34(28-54)18-35(17-33)29-54)5-9-44(38)51(52(36)60-42-7-11-46(56)48(58)23-42)50-43-8-4-39(53-24-30-13-31(25-53)15-32(14-30)26-53)20-37(43)3-12-49(50)59-41-6-10-45(55)47(57)22-41/h1,3-12,19-23,30-35,57-58H,13-18,24-29,55-56H2. The van der Waals surface area contributed by atoms with E-state index in [9.17, 15) is 10.2 Å². The average molecular weight is 793 g/mol. The van der Waals surface area contributed by atoms with Gasteiger partial charge in [0.1, 0.15) is 28.7 Å². The number of phenols is 2. The molecule has 0 saturated heterocycles. The number of rotatable bonds is 7. The zero-order chi connectivity index (χ0) is 40.5. The van der Waals surface area contributed by atoms with Crippen LogP contribution in [0.15, 0.2) is 91.0 Å². The Labute approximate surface area is 351 Å². The maximum Gasteiger partial charge on any atom is 0.151 e. The molecule has 0 aliphatic heterocycles. The van der Waals surface area contributed by atoms with E-state index in [1.54, 1.807) is 30.3 Å². The molecule has 8 aliphatic carbocycles. The molecule has 302 valence electrons. The number of ether oxygens (including phenoxy) is 2. The molecule has 8 bridgehead atoms. The minimum absolute atomic E-state index is 0.0424. The van der Waals surface area contributed by atoms with Gasteiger partial charge in [0.15, 0.2) is 5.75 Å². The minimum atomic E-state index is -0.0631. The second kappa shape index (κ2) is 13.1. The first-order valence-corrected chi connectivity index (χ1v) is 22.3. The monoisotopic (exact) mass is 792 g/mol. The lowest BCUT2D eigenvalue weighted by Crippen LogP contribution is -2.48. The van der Waals surface area contributed by atoms with Gasteiger partial charge in [0.25, 0.3) is 0 Å². The van der Waals surface area contributed by atoms with Crippen molar-refractivity contribution < 1.29 is 19.7 Å². The van der Waals surface area contributed by atoms with Crippen molar-refractivity contribution in [3.8, 4) is 58.0 Å². The summed E-state index contributed by atoms with van der Waals surface area (Å²) in [5, 5.41) is 25.6. The van der Waals surface area contributed by atoms with Crippen LogP contribution in [0.1, 0.15) is 93.7 Å². The van der Waals surface area contributed by atoms with Crippen LogP contribution < -0.4 is 20.9 Å². The maximum absolute atomic E-state index is 10.7. The first-order valence-electron chi connectivity index (χ1n) is 22.3. The normalized spacial score (nSPS) is 29.6. The van der Waals surface area contributed by atoms with Crippen molar-refractivity contribution >= 4 is 32.9 Å². The van der Waals surface area contributed by atoms with E-state index in [-0.39, 0.29) is 33.7 Å². The molecule has 0 aromatic heterocycles. The highest BCUT2D eigenvalue weighted by molar-refractivity contribution is 6.11. The van der Waals surface area contributed by atoms with Crippen molar-refractivity contribution in [1.82, 2.24) is 0 Å². The number of nitrogen functional groups attached to an aromatic ring is 2. The van der Waals surface area contributed by atoms with Crippen LogP contribution in [0.5, 0.6) is 34.5 Å². The predicted octanol–water partition coefficient (Wildman–Crippen LogP) is 12.7. The van der Waals surface area contributed by atoms with Gasteiger partial charge in [-0.25, -0.2) is 0 Å². The van der Waals surface area contributed by atoms with Crippen molar-refractivity contribution in [3.63, 3.8) is 0 Å². The van der Waals surface area contributed by atoms with Crippen molar-refractivity contribution in [3.05, 3.63) is 108 Å². The molecule has 6 aromatic carbocycles. The fourth-order valence-corrected chi connectivity index (χ4v) is 14.5. The summed E-state index contributed by atoms with van der Waals surface area (Å²) in [6.45, 7) is 0. The van der Waals surface area contributed by atoms with Crippen LogP contribution in [0.3, 0.4) is 0 Å². The molecule has 0 heterocycles. The van der Waals surface area contributed by atoms with Crippen LogP contribution in [0.4, 0.5) is 11.4 Å². The molecule has 6 heteroatoms. The highest BCUT2D eigenvalue weighted by Gasteiger charge is 2.53. The molecule has 0 radical (unpaired) electrons. The Balaban J connectivity index is 1.10. The Morgan fingerprint density at radius 1 is 0.517 bits per heavy atom. The van der Waals surface area contributed by atoms with E-state index in [1.807, 2.05) is 6.07 Å². The molecule has 8 saturated carbocycles. The van der Waals surface area contributed by atoms with E-state index in [1.165, 1.54) is 94.2 Å². The lowest BCUT2D eigenvalue weighted by atomic mass is 9.48. The Morgan fingerprint density at radius 3 is 1.47 bits per heavy atom. The third-order valence-electron chi connectivity index (χ3n) is 16.2. The molecule has 6 N–H and O–H groups in total. The van der Waals surface area contributed by atoms with Gasteiger partial charge in [-0.1, -0.05) is 48.4 Å². The van der Waals surface area contributed by atoms with Gasteiger partial charge in [-0.3, -0.25) is 0 Å². The molecule has 0 spiro atoms. The number of hydrogen-bond donors (Lipinski definition) is 4. The third-order valence-corrected chi connectivity index (χ3v) is 16.2. The van der Waals surface area contributed by atoms with Crippen LogP contribution in [0, 0.1) is 47.9 Å².